The van der Waals surface area contributed by atoms with Gasteiger partial charge in [-0.2, -0.15) is 0 Å². The minimum absolute atomic E-state index is 0.231. The van der Waals surface area contributed by atoms with E-state index in [0.717, 1.165) is 24.0 Å². The molecule has 4 heteroatoms. The molecule has 0 spiro atoms. The topological polar surface area (TPSA) is 29.5 Å². The van der Waals surface area contributed by atoms with Crippen molar-refractivity contribution in [3.63, 3.8) is 0 Å². The molecule has 100 valence electrons. The number of benzene rings is 1. The number of anilines is 1. The maximum absolute atomic E-state index is 12.1. The van der Waals surface area contributed by atoms with Gasteiger partial charge in [-0.1, -0.05) is 32.0 Å². The van der Waals surface area contributed by atoms with E-state index in [1.54, 1.807) is 0 Å². The van der Waals surface area contributed by atoms with E-state index < -0.39 is 7.04 Å². The molecule has 0 N–H and O–H groups in total. The van der Waals surface area contributed by atoms with Gasteiger partial charge >= 0.3 is 0 Å². The highest BCUT2D eigenvalue weighted by Crippen LogP contribution is 2.27. The predicted molar refractivity (Wildman–Crippen MR) is 75.3 cm³/mol. The molecule has 0 bridgehead atoms. The third kappa shape index (κ3) is 3.24. The van der Waals surface area contributed by atoms with E-state index in [9.17, 15) is 4.79 Å². The molecule has 0 aliphatic rings. The first-order valence-electron chi connectivity index (χ1n) is 7.45. The van der Waals surface area contributed by atoms with Crippen molar-refractivity contribution in [3.8, 4) is 0 Å². The molecule has 1 aromatic carbocycles. The summed E-state index contributed by atoms with van der Waals surface area (Å²) in [5.74, 6) is -0.609. The van der Waals surface area contributed by atoms with Crippen molar-refractivity contribution >= 4 is 23.2 Å². The Morgan fingerprint density at radius 3 is 2.44 bits per heavy atom. The number of rotatable bonds is 6. The van der Waals surface area contributed by atoms with E-state index in [-0.39, 0.29) is 18.5 Å². The Hall–Kier alpha value is -1.06. The Kier molecular flexibility index (Phi) is 4.45. The Morgan fingerprint density at radius 2 is 2.00 bits per heavy atom. The Balaban J connectivity index is 3.22. The van der Waals surface area contributed by atoms with Crippen molar-refractivity contribution in [3.05, 3.63) is 29.3 Å². The molecule has 3 nitrogen and oxygen atoms in total. The zero-order valence-electron chi connectivity index (χ0n) is 13.7. The molecular weight excluding hydrogens is 250 g/mol. The fourth-order valence-electron chi connectivity index (χ4n) is 1.96. The monoisotopic (exact) mass is 272 g/mol. The average molecular weight is 273 g/mol. The van der Waals surface area contributed by atoms with E-state index in [2.05, 4.69) is 0 Å². The third-order valence-corrected chi connectivity index (χ3v) is 3.07. The molecule has 0 aliphatic heterocycles. The normalized spacial score (nSPS) is 13.6. The number of hydrogen-bond donors (Lipinski definition) is 0. The van der Waals surface area contributed by atoms with E-state index in [0.29, 0.717) is 5.69 Å². The summed E-state index contributed by atoms with van der Waals surface area (Å²) in [6.45, 7) is 3.62. The van der Waals surface area contributed by atoms with Crippen molar-refractivity contribution in [2.24, 2.45) is 0 Å². The number of alkyl halides is 1. The molecule has 0 aliphatic carbocycles. The first kappa shape index (κ1) is 10.8. The summed E-state index contributed by atoms with van der Waals surface area (Å²) >= 11 is 5.65. The lowest BCUT2D eigenvalue weighted by atomic mass is 10.0. The summed E-state index contributed by atoms with van der Waals surface area (Å²) in [4.78, 5) is 13.4. The highest BCUT2D eigenvalue weighted by molar-refractivity contribution is 6.29. The second-order valence-electron chi connectivity index (χ2n) is 3.86. The minimum atomic E-state index is -2.56. The molecule has 0 radical (unpaired) electrons. The van der Waals surface area contributed by atoms with Crippen LogP contribution < -0.4 is 4.90 Å². The van der Waals surface area contributed by atoms with Gasteiger partial charge in [-0.3, -0.25) is 9.69 Å². The van der Waals surface area contributed by atoms with Crippen LogP contribution in [0.2, 0.25) is 0 Å². The van der Waals surface area contributed by atoms with Gasteiger partial charge in [-0.05, 0) is 24.0 Å². The summed E-state index contributed by atoms with van der Waals surface area (Å²) in [7, 11) is -2.56. The van der Waals surface area contributed by atoms with Crippen molar-refractivity contribution in [1.82, 2.24) is 0 Å². The third-order valence-electron chi connectivity index (χ3n) is 2.84. The van der Waals surface area contributed by atoms with Crippen molar-refractivity contribution in [2.75, 3.05) is 24.5 Å². The molecule has 1 aromatic rings. The Morgan fingerprint density at radius 1 is 1.39 bits per heavy atom. The van der Waals surface area contributed by atoms with Gasteiger partial charge in [0, 0.05) is 7.04 Å². The first-order valence-corrected chi connectivity index (χ1v) is 6.48. The zero-order chi connectivity index (χ0) is 16.0. The van der Waals surface area contributed by atoms with Gasteiger partial charge in [0.2, 0.25) is 5.91 Å². The summed E-state index contributed by atoms with van der Waals surface area (Å²) in [6, 6.07) is 5.76. The molecule has 0 saturated carbocycles. The lowest BCUT2D eigenvalue weighted by Gasteiger charge is -2.26. The van der Waals surface area contributed by atoms with Crippen LogP contribution in [0.25, 0.3) is 0 Å². The quantitative estimate of drug-likeness (QED) is 0.589. The average Bonchev–Trinajstić information content (AvgIpc) is 2.45. The molecule has 0 heterocycles. The highest BCUT2D eigenvalue weighted by atomic mass is 35.5. The van der Waals surface area contributed by atoms with Gasteiger partial charge in [-0.25, -0.2) is 0 Å². The van der Waals surface area contributed by atoms with Crippen LogP contribution in [0.3, 0.4) is 0 Å². The van der Waals surface area contributed by atoms with Crippen LogP contribution in [-0.4, -0.2) is 25.6 Å². The molecular formula is C14H20ClNO2. The molecule has 0 fully saturated rings. The number of carbonyl (C=O) groups excluding carboxylic acids is 1. The number of methoxy groups -OCH3 is 1. The van der Waals surface area contributed by atoms with Crippen LogP contribution in [0.5, 0.6) is 0 Å². The van der Waals surface area contributed by atoms with Gasteiger partial charge in [0.15, 0.2) is 0 Å². The van der Waals surface area contributed by atoms with Gasteiger partial charge in [-0.15, -0.1) is 11.6 Å². The lowest BCUT2D eigenvalue weighted by molar-refractivity contribution is -0.117. The van der Waals surface area contributed by atoms with Crippen LogP contribution in [0, 0.1) is 0 Å². The largest absolute Gasteiger partial charge is 0.364 e. The number of halogens is 1. The first-order chi connectivity index (χ1) is 9.84. The van der Waals surface area contributed by atoms with Crippen molar-refractivity contribution < 1.29 is 13.6 Å². The molecule has 0 atom stereocenters. The van der Waals surface area contributed by atoms with E-state index in [1.165, 1.54) is 4.90 Å². The Bertz CT molecular complexity index is 469. The zero-order valence-corrected chi connectivity index (χ0v) is 11.5. The predicted octanol–water partition coefficient (Wildman–Crippen LogP) is 2.99. The number of nitrogens with zero attached hydrogens (tertiary/aromatic N) is 1. The summed E-state index contributed by atoms with van der Waals surface area (Å²) in [5, 5.41) is 0. The number of ether oxygens (including phenoxy) is 1. The second kappa shape index (κ2) is 7.39. The van der Waals surface area contributed by atoms with Crippen molar-refractivity contribution in [1.29, 1.82) is 0 Å². The van der Waals surface area contributed by atoms with E-state index in [4.69, 9.17) is 20.5 Å². The maximum Gasteiger partial charge on any atom is 0.243 e. The number of hydrogen-bond acceptors (Lipinski definition) is 2. The van der Waals surface area contributed by atoms with Gasteiger partial charge < -0.3 is 4.74 Å². The van der Waals surface area contributed by atoms with Crippen LogP contribution in [0.4, 0.5) is 5.69 Å². The molecule has 1 amide bonds. The van der Waals surface area contributed by atoms with E-state index >= 15 is 0 Å². The summed E-state index contributed by atoms with van der Waals surface area (Å²) < 4.78 is 26.2. The lowest BCUT2D eigenvalue weighted by Crippen LogP contribution is -2.35. The smallest absolute Gasteiger partial charge is 0.243 e. The maximum atomic E-state index is 12.1. The van der Waals surface area contributed by atoms with Crippen LogP contribution in [0.1, 0.15) is 29.1 Å². The summed E-state index contributed by atoms with van der Waals surface area (Å²) in [6.07, 6.45) is 1.45. The van der Waals surface area contributed by atoms with E-state index in [1.807, 2.05) is 32.0 Å². The van der Waals surface area contributed by atoms with Gasteiger partial charge in [0.25, 0.3) is 0 Å². The molecule has 18 heavy (non-hydrogen) atoms. The number of amides is 1. The highest BCUT2D eigenvalue weighted by Gasteiger charge is 2.19. The molecule has 0 aromatic heterocycles. The number of para-hydroxylation sites is 1. The van der Waals surface area contributed by atoms with Crippen LogP contribution >= 0.6 is 11.6 Å². The Labute approximate surface area is 118 Å². The molecule has 0 saturated heterocycles. The van der Waals surface area contributed by atoms with Crippen LogP contribution in [0.15, 0.2) is 18.2 Å². The fraction of sp³-hybridized carbons (Fsp3) is 0.500. The van der Waals surface area contributed by atoms with Crippen molar-refractivity contribution in [2.45, 2.75) is 26.7 Å². The van der Waals surface area contributed by atoms with Gasteiger partial charge in [0.1, 0.15) is 12.6 Å². The molecule has 1 rings (SSSR count). The summed E-state index contributed by atoms with van der Waals surface area (Å²) in [5.41, 5.74) is 2.63. The van der Waals surface area contributed by atoms with Crippen LogP contribution in [-0.2, 0) is 22.4 Å². The SMILES string of the molecule is [2H]C([2H])([2H])OCN(C(=O)CCl)c1c(CC)cccc1CC. The minimum Gasteiger partial charge on any atom is -0.364 e. The number of aryl methyl sites for hydroxylation is 2. The second-order valence-corrected chi connectivity index (χ2v) is 4.13. The molecule has 0 unspecified atom stereocenters. The number of carbonyl (C=O) groups is 1. The fourth-order valence-corrected chi connectivity index (χ4v) is 2.10. The standard InChI is InChI=1S/C14H20ClNO2/c1-4-11-7-6-8-12(5-2)14(11)16(10-18-3)13(17)9-15/h6-8H,4-5,9-10H2,1-3H3/i3D3. The van der Waals surface area contributed by atoms with Gasteiger partial charge in [0.05, 0.1) is 9.80 Å².